The van der Waals surface area contributed by atoms with E-state index in [1.807, 2.05) is 13.8 Å². The second-order valence-corrected chi connectivity index (χ2v) is 6.17. The molecule has 0 atom stereocenters. The molecule has 1 fully saturated rings. The van der Waals surface area contributed by atoms with E-state index in [4.69, 9.17) is 0 Å². The largest absolute Gasteiger partial charge is 0.355 e. The van der Waals surface area contributed by atoms with Gasteiger partial charge in [-0.25, -0.2) is 0 Å². The van der Waals surface area contributed by atoms with Crippen LogP contribution in [0.5, 0.6) is 0 Å². The van der Waals surface area contributed by atoms with E-state index in [0.29, 0.717) is 13.1 Å². The molecule has 1 aliphatic rings. The Bertz CT molecular complexity index is 323. The maximum atomic E-state index is 12.5. The minimum Gasteiger partial charge on any atom is -0.355 e. The smallest absolute Gasteiger partial charge is 0.239 e. The summed E-state index contributed by atoms with van der Waals surface area (Å²) in [5, 5.41) is 2.77. The number of likely N-dealkylation sites (N-methyl/N-ethyl adjacent to an activating group) is 2. The summed E-state index contributed by atoms with van der Waals surface area (Å²) in [4.78, 5) is 25.9. The molecule has 1 rings (SSSR count). The molecule has 4 nitrogen and oxygen atoms in total. The van der Waals surface area contributed by atoms with Crippen LogP contribution in [-0.4, -0.2) is 36.3 Å². The van der Waals surface area contributed by atoms with Gasteiger partial charge >= 0.3 is 0 Å². The van der Waals surface area contributed by atoms with E-state index < -0.39 is 0 Å². The van der Waals surface area contributed by atoms with Crippen molar-refractivity contribution >= 4 is 11.8 Å². The fourth-order valence-electron chi connectivity index (χ4n) is 3.22. The predicted octanol–water partition coefficient (Wildman–Crippen LogP) is 2.97. The summed E-state index contributed by atoms with van der Waals surface area (Å²) in [7, 11) is 0. The first-order chi connectivity index (χ1) is 10.1. The van der Waals surface area contributed by atoms with Gasteiger partial charge in [-0.05, 0) is 45.4 Å². The molecule has 1 saturated carbocycles. The lowest BCUT2D eigenvalue weighted by molar-refractivity contribution is -0.140. The van der Waals surface area contributed by atoms with Gasteiger partial charge in [0.05, 0.1) is 6.54 Å². The van der Waals surface area contributed by atoms with Gasteiger partial charge in [0.1, 0.15) is 0 Å². The van der Waals surface area contributed by atoms with Crippen molar-refractivity contribution in [2.75, 3.05) is 19.6 Å². The SMILES string of the molecule is CCCCC1CCC(C(=O)N(CC)CC(=O)NCC)CC1. The lowest BCUT2D eigenvalue weighted by Gasteiger charge is -2.31. The summed E-state index contributed by atoms with van der Waals surface area (Å²) in [6.07, 6.45) is 8.23. The van der Waals surface area contributed by atoms with Crippen LogP contribution in [0.1, 0.15) is 65.7 Å². The number of rotatable bonds is 8. The Balaban J connectivity index is 2.41. The number of nitrogens with one attached hydrogen (secondary N) is 1. The van der Waals surface area contributed by atoms with Crippen LogP contribution in [-0.2, 0) is 9.59 Å². The molecule has 0 heterocycles. The number of carbonyl (C=O) groups excluding carboxylic acids is 2. The Morgan fingerprint density at radius 2 is 1.76 bits per heavy atom. The van der Waals surface area contributed by atoms with Crippen LogP contribution in [0.3, 0.4) is 0 Å². The van der Waals surface area contributed by atoms with Crippen molar-refractivity contribution in [3.05, 3.63) is 0 Å². The normalized spacial score (nSPS) is 21.9. The number of hydrogen-bond acceptors (Lipinski definition) is 2. The first kappa shape index (κ1) is 18.0. The third-order valence-electron chi connectivity index (χ3n) is 4.56. The van der Waals surface area contributed by atoms with Crippen molar-refractivity contribution in [3.8, 4) is 0 Å². The summed E-state index contributed by atoms with van der Waals surface area (Å²) in [5.41, 5.74) is 0. The molecule has 21 heavy (non-hydrogen) atoms. The topological polar surface area (TPSA) is 49.4 Å². The third-order valence-corrected chi connectivity index (χ3v) is 4.56. The van der Waals surface area contributed by atoms with E-state index in [1.165, 1.54) is 32.1 Å². The first-order valence-corrected chi connectivity index (χ1v) is 8.67. The lowest BCUT2D eigenvalue weighted by atomic mass is 9.79. The Kier molecular flexibility index (Phi) is 8.40. The van der Waals surface area contributed by atoms with E-state index >= 15 is 0 Å². The highest BCUT2D eigenvalue weighted by Crippen LogP contribution is 2.32. The van der Waals surface area contributed by atoms with Crippen LogP contribution in [0.2, 0.25) is 0 Å². The number of hydrogen-bond donors (Lipinski definition) is 1. The maximum absolute atomic E-state index is 12.5. The predicted molar refractivity (Wildman–Crippen MR) is 85.9 cm³/mol. The van der Waals surface area contributed by atoms with Crippen molar-refractivity contribution in [3.63, 3.8) is 0 Å². The van der Waals surface area contributed by atoms with Crippen molar-refractivity contribution in [2.45, 2.75) is 65.7 Å². The van der Waals surface area contributed by atoms with Crippen LogP contribution in [0.4, 0.5) is 0 Å². The molecular formula is C17H32N2O2. The van der Waals surface area contributed by atoms with Gasteiger partial charge in [-0.1, -0.05) is 26.2 Å². The monoisotopic (exact) mass is 296 g/mol. The molecule has 0 spiro atoms. The first-order valence-electron chi connectivity index (χ1n) is 8.67. The summed E-state index contributed by atoms with van der Waals surface area (Å²) in [6, 6.07) is 0. The minimum absolute atomic E-state index is 0.0515. The Labute approximate surface area is 129 Å². The van der Waals surface area contributed by atoms with E-state index in [1.54, 1.807) is 4.90 Å². The third kappa shape index (κ3) is 6.06. The van der Waals surface area contributed by atoms with Crippen LogP contribution in [0, 0.1) is 11.8 Å². The number of nitrogens with zero attached hydrogens (tertiary/aromatic N) is 1. The highest BCUT2D eigenvalue weighted by atomic mass is 16.2. The fraction of sp³-hybridized carbons (Fsp3) is 0.882. The second kappa shape index (κ2) is 9.80. The number of unbranched alkanes of at least 4 members (excludes halogenated alkanes) is 1. The van der Waals surface area contributed by atoms with Crippen LogP contribution in [0.25, 0.3) is 0 Å². The van der Waals surface area contributed by atoms with E-state index in [-0.39, 0.29) is 24.3 Å². The highest BCUT2D eigenvalue weighted by Gasteiger charge is 2.29. The minimum atomic E-state index is -0.0515. The average Bonchev–Trinajstić information content (AvgIpc) is 2.50. The second-order valence-electron chi connectivity index (χ2n) is 6.17. The molecule has 0 aromatic carbocycles. The highest BCUT2D eigenvalue weighted by molar-refractivity contribution is 5.85. The summed E-state index contributed by atoms with van der Waals surface area (Å²) in [5.74, 6) is 1.08. The van der Waals surface area contributed by atoms with Crippen molar-refractivity contribution in [1.29, 1.82) is 0 Å². The van der Waals surface area contributed by atoms with Gasteiger partial charge in [-0.3, -0.25) is 9.59 Å². The summed E-state index contributed by atoms with van der Waals surface area (Å²) < 4.78 is 0. The molecule has 0 aliphatic heterocycles. The molecule has 0 unspecified atom stereocenters. The molecule has 0 bridgehead atoms. The van der Waals surface area contributed by atoms with E-state index in [0.717, 1.165) is 18.8 Å². The zero-order chi connectivity index (χ0) is 15.7. The van der Waals surface area contributed by atoms with E-state index in [9.17, 15) is 9.59 Å². The van der Waals surface area contributed by atoms with Gasteiger partial charge in [0.15, 0.2) is 0 Å². The van der Waals surface area contributed by atoms with Crippen molar-refractivity contribution in [1.82, 2.24) is 10.2 Å². The van der Waals surface area contributed by atoms with Crippen molar-refractivity contribution < 1.29 is 9.59 Å². The average molecular weight is 296 g/mol. The van der Waals surface area contributed by atoms with E-state index in [2.05, 4.69) is 12.2 Å². The van der Waals surface area contributed by atoms with Crippen LogP contribution in [0.15, 0.2) is 0 Å². The summed E-state index contributed by atoms with van der Waals surface area (Å²) >= 11 is 0. The molecule has 0 saturated heterocycles. The quantitative estimate of drug-likeness (QED) is 0.748. The van der Waals surface area contributed by atoms with Gasteiger partial charge in [0, 0.05) is 19.0 Å². The standard InChI is InChI=1S/C17H32N2O2/c1-4-7-8-14-9-11-15(12-10-14)17(21)19(6-3)13-16(20)18-5-2/h14-15H,4-13H2,1-3H3,(H,18,20). The van der Waals surface area contributed by atoms with Crippen molar-refractivity contribution in [2.24, 2.45) is 11.8 Å². The maximum Gasteiger partial charge on any atom is 0.239 e. The molecule has 122 valence electrons. The molecule has 1 N–H and O–H groups in total. The molecular weight excluding hydrogens is 264 g/mol. The van der Waals surface area contributed by atoms with Gasteiger partial charge in [-0.2, -0.15) is 0 Å². The van der Waals surface area contributed by atoms with Gasteiger partial charge in [-0.15, -0.1) is 0 Å². The van der Waals surface area contributed by atoms with Gasteiger partial charge in [0.2, 0.25) is 11.8 Å². The zero-order valence-electron chi connectivity index (χ0n) is 14.0. The van der Waals surface area contributed by atoms with Crippen LogP contribution >= 0.6 is 0 Å². The molecule has 0 radical (unpaired) electrons. The van der Waals surface area contributed by atoms with Gasteiger partial charge in [0.25, 0.3) is 0 Å². The molecule has 0 aromatic rings. The Morgan fingerprint density at radius 1 is 1.10 bits per heavy atom. The van der Waals surface area contributed by atoms with Crippen LogP contribution < -0.4 is 5.32 Å². The molecule has 0 aromatic heterocycles. The molecule has 4 heteroatoms. The molecule has 2 amide bonds. The number of amides is 2. The zero-order valence-corrected chi connectivity index (χ0v) is 14.0. The Hall–Kier alpha value is -1.06. The Morgan fingerprint density at radius 3 is 2.29 bits per heavy atom. The summed E-state index contributed by atoms with van der Waals surface area (Å²) in [6.45, 7) is 7.52. The number of carbonyl (C=O) groups is 2. The van der Waals surface area contributed by atoms with Gasteiger partial charge < -0.3 is 10.2 Å². The lowest BCUT2D eigenvalue weighted by Crippen LogP contribution is -2.43. The molecule has 1 aliphatic carbocycles. The fourth-order valence-corrected chi connectivity index (χ4v) is 3.22.